The molecule has 92 valence electrons. The molecule has 0 aliphatic carbocycles. The smallest absolute Gasteiger partial charge is 0.321 e. The number of carbonyl (C=O) groups excluding carboxylic acids is 1. The molecule has 0 saturated carbocycles. The highest BCUT2D eigenvalue weighted by molar-refractivity contribution is 5.89. The van der Waals surface area contributed by atoms with Crippen molar-refractivity contribution in [2.24, 2.45) is 0 Å². The molecule has 0 fully saturated rings. The molecule has 0 aliphatic rings. The lowest BCUT2D eigenvalue weighted by atomic mass is 10.2. The Kier molecular flexibility index (Phi) is 4.51. The Bertz CT molecular complexity index is 401. The van der Waals surface area contributed by atoms with Gasteiger partial charge in [0.2, 0.25) is 0 Å². The summed E-state index contributed by atoms with van der Waals surface area (Å²) in [5, 5.41) is 11.2. The zero-order chi connectivity index (χ0) is 12.8. The highest BCUT2D eigenvalue weighted by Gasteiger charge is 2.09. The lowest BCUT2D eigenvalue weighted by Crippen LogP contribution is -2.33. The average molecular weight is 236 g/mol. The number of nitrogens with one attached hydrogen (secondary N) is 1. The van der Waals surface area contributed by atoms with Gasteiger partial charge in [0.25, 0.3) is 0 Å². The number of aryl methyl sites for hydroxylation is 1. The molecular formula is C12H16N2O3. The van der Waals surface area contributed by atoms with E-state index in [2.05, 4.69) is 5.32 Å². The van der Waals surface area contributed by atoms with E-state index in [9.17, 15) is 9.59 Å². The van der Waals surface area contributed by atoms with Gasteiger partial charge < -0.3 is 15.3 Å². The number of rotatable bonds is 4. The monoisotopic (exact) mass is 236 g/mol. The molecule has 0 saturated heterocycles. The van der Waals surface area contributed by atoms with Crippen LogP contribution in [-0.2, 0) is 4.79 Å². The van der Waals surface area contributed by atoms with Crippen LogP contribution in [0.3, 0.4) is 0 Å². The fourth-order valence-corrected chi connectivity index (χ4v) is 1.22. The van der Waals surface area contributed by atoms with Crippen molar-refractivity contribution in [3.8, 4) is 0 Å². The van der Waals surface area contributed by atoms with Crippen molar-refractivity contribution in [1.82, 2.24) is 4.90 Å². The van der Waals surface area contributed by atoms with E-state index in [-0.39, 0.29) is 19.0 Å². The van der Waals surface area contributed by atoms with Crippen molar-refractivity contribution in [3.05, 3.63) is 29.8 Å². The van der Waals surface area contributed by atoms with Crippen molar-refractivity contribution in [2.75, 3.05) is 18.9 Å². The topological polar surface area (TPSA) is 69.6 Å². The number of benzene rings is 1. The molecule has 0 spiro atoms. The van der Waals surface area contributed by atoms with E-state index in [1.54, 1.807) is 19.2 Å². The van der Waals surface area contributed by atoms with E-state index in [0.29, 0.717) is 5.69 Å². The number of carbonyl (C=O) groups is 2. The number of amides is 2. The maximum absolute atomic E-state index is 11.6. The summed E-state index contributed by atoms with van der Waals surface area (Å²) in [5.74, 6) is -0.917. The van der Waals surface area contributed by atoms with Crippen LogP contribution in [0.2, 0.25) is 0 Å². The van der Waals surface area contributed by atoms with E-state index in [1.165, 1.54) is 4.90 Å². The minimum atomic E-state index is -0.917. The molecule has 5 heteroatoms. The quantitative estimate of drug-likeness (QED) is 0.839. The minimum absolute atomic E-state index is 0.0577. The number of hydrogen-bond acceptors (Lipinski definition) is 2. The minimum Gasteiger partial charge on any atom is -0.481 e. The van der Waals surface area contributed by atoms with Gasteiger partial charge in [-0.3, -0.25) is 4.79 Å². The van der Waals surface area contributed by atoms with Gasteiger partial charge in [-0.15, -0.1) is 0 Å². The number of anilines is 1. The molecule has 0 aliphatic heterocycles. The second-order valence-corrected chi connectivity index (χ2v) is 3.86. The Hall–Kier alpha value is -2.04. The molecule has 0 aromatic heterocycles. The summed E-state index contributed by atoms with van der Waals surface area (Å²) in [6, 6.07) is 7.09. The van der Waals surface area contributed by atoms with E-state index >= 15 is 0 Å². The lowest BCUT2D eigenvalue weighted by molar-refractivity contribution is -0.137. The zero-order valence-corrected chi connectivity index (χ0v) is 9.93. The average Bonchev–Trinajstić information content (AvgIpc) is 2.28. The van der Waals surface area contributed by atoms with Crippen LogP contribution < -0.4 is 5.32 Å². The standard InChI is InChI=1S/C12H16N2O3/c1-9-3-5-10(6-4-9)13-12(17)14(2)8-7-11(15)16/h3-6H,7-8H2,1-2H3,(H,13,17)(H,15,16). The Balaban J connectivity index is 2.48. The predicted octanol–water partition coefficient (Wildman–Crippen LogP) is 1.93. The molecule has 0 atom stereocenters. The van der Waals surface area contributed by atoms with Crippen LogP contribution in [0, 0.1) is 6.92 Å². The molecule has 5 nitrogen and oxygen atoms in total. The van der Waals surface area contributed by atoms with Crippen molar-refractivity contribution in [1.29, 1.82) is 0 Å². The van der Waals surface area contributed by atoms with Crippen LogP contribution >= 0.6 is 0 Å². The molecule has 0 radical (unpaired) electrons. The number of nitrogens with zero attached hydrogens (tertiary/aromatic N) is 1. The molecule has 0 unspecified atom stereocenters. The zero-order valence-electron chi connectivity index (χ0n) is 9.93. The first-order valence-corrected chi connectivity index (χ1v) is 5.29. The highest BCUT2D eigenvalue weighted by atomic mass is 16.4. The molecule has 17 heavy (non-hydrogen) atoms. The molecule has 2 N–H and O–H groups in total. The van der Waals surface area contributed by atoms with Gasteiger partial charge >= 0.3 is 12.0 Å². The number of hydrogen-bond donors (Lipinski definition) is 2. The van der Waals surface area contributed by atoms with E-state index in [1.807, 2.05) is 19.1 Å². The van der Waals surface area contributed by atoms with E-state index in [4.69, 9.17) is 5.11 Å². The first kappa shape index (κ1) is 13.0. The van der Waals surface area contributed by atoms with Gasteiger partial charge in [0.1, 0.15) is 0 Å². The van der Waals surface area contributed by atoms with Crippen LogP contribution in [0.25, 0.3) is 0 Å². The third-order valence-electron chi connectivity index (χ3n) is 2.31. The third-order valence-corrected chi connectivity index (χ3v) is 2.31. The van der Waals surface area contributed by atoms with Crippen molar-refractivity contribution in [2.45, 2.75) is 13.3 Å². The number of carboxylic acids is 1. The largest absolute Gasteiger partial charge is 0.481 e. The number of carboxylic acid groups (broad SMARTS) is 1. The fraction of sp³-hybridized carbons (Fsp3) is 0.333. The maximum atomic E-state index is 11.6. The molecule has 0 bridgehead atoms. The van der Waals surface area contributed by atoms with E-state index < -0.39 is 5.97 Å². The van der Waals surface area contributed by atoms with Gasteiger partial charge in [-0.1, -0.05) is 17.7 Å². The summed E-state index contributed by atoms with van der Waals surface area (Å²) in [6.45, 7) is 2.15. The van der Waals surface area contributed by atoms with Crippen LogP contribution in [0.15, 0.2) is 24.3 Å². The summed E-state index contributed by atoms with van der Waals surface area (Å²) in [5.41, 5.74) is 1.81. The molecule has 0 heterocycles. The van der Waals surface area contributed by atoms with Gasteiger partial charge in [0.05, 0.1) is 6.42 Å². The van der Waals surface area contributed by atoms with Crippen LogP contribution in [-0.4, -0.2) is 35.6 Å². The molecule has 1 rings (SSSR count). The van der Waals surface area contributed by atoms with Gasteiger partial charge in [-0.2, -0.15) is 0 Å². The Morgan fingerprint density at radius 2 is 1.88 bits per heavy atom. The third kappa shape index (κ3) is 4.55. The Labute approximate surface area is 100 Å². The van der Waals surface area contributed by atoms with Crippen LogP contribution in [0.5, 0.6) is 0 Å². The fourth-order valence-electron chi connectivity index (χ4n) is 1.22. The maximum Gasteiger partial charge on any atom is 0.321 e. The van der Waals surface area contributed by atoms with E-state index in [0.717, 1.165) is 5.56 Å². The lowest BCUT2D eigenvalue weighted by Gasteiger charge is -2.16. The van der Waals surface area contributed by atoms with Gasteiger partial charge in [-0.05, 0) is 19.1 Å². The first-order valence-electron chi connectivity index (χ1n) is 5.29. The predicted molar refractivity (Wildman–Crippen MR) is 65.1 cm³/mol. The Morgan fingerprint density at radius 1 is 1.29 bits per heavy atom. The molecule has 1 aromatic carbocycles. The van der Waals surface area contributed by atoms with Crippen LogP contribution in [0.1, 0.15) is 12.0 Å². The Morgan fingerprint density at radius 3 is 2.41 bits per heavy atom. The second-order valence-electron chi connectivity index (χ2n) is 3.86. The molecule has 1 aromatic rings. The highest BCUT2D eigenvalue weighted by Crippen LogP contribution is 2.09. The van der Waals surface area contributed by atoms with Crippen molar-refractivity contribution in [3.63, 3.8) is 0 Å². The summed E-state index contributed by atoms with van der Waals surface area (Å²) < 4.78 is 0. The second kappa shape index (κ2) is 5.89. The molecule has 2 amide bonds. The summed E-state index contributed by atoms with van der Waals surface area (Å²) >= 11 is 0. The van der Waals surface area contributed by atoms with Crippen molar-refractivity contribution >= 4 is 17.7 Å². The molecular weight excluding hydrogens is 220 g/mol. The van der Waals surface area contributed by atoms with Gasteiger partial charge in [0, 0.05) is 19.3 Å². The van der Waals surface area contributed by atoms with Crippen LogP contribution in [0.4, 0.5) is 10.5 Å². The number of urea groups is 1. The number of aliphatic carboxylic acids is 1. The van der Waals surface area contributed by atoms with Gasteiger partial charge in [0.15, 0.2) is 0 Å². The SMILES string of the molecule is Cc1ccc(NC(=O)N(C)CCC(=O)O)cc1. The normalized spacial score (nSPS) is 9.76. The summed E-state index contributed by atoms with van der Waals surface area (Å²) in [4.78, 5) is 23.3. The van der Waals surface area contributed by atoms with Crippen molar-refractivity contribution < 1.29 is 14.7 Å². The first-order chi connectivity index (χ1) is 7.99. The van der Waals surface area contributed by atoms with Gasteiger partial charge in [-0.25, -0.2) is 4.79 Å². The summed E-state index contributed by atoms with van der Waals surface area (Å²) in [7, 11) is 1.56. The summed E-state index contributed by atoms with van der Waals surface area (Å²) in [6.07, 6.45) is -0.0577.